The monoisotopic (exact) mass is 395 g/mol. The number of aryl methyl sites for hydroxylation is 1. The van der Waals surface area contributed by atoms with E-state index in [0.717, 1.165) is 5.56 Å². The maximum atomic E-state index is 12.6. The van der Waals surface area contributed by atoms with E-state index < -0.39 is 11.9 Å². The number of carboxylic acids is 1. The fraction of sp³-hybridized carbons (Fsp3) is 0.190. The van der Waals surface area contributed by atoms with Crippen molar-refractivity contribution in [2.75, 3.05) is 17.2 Å². The molecule has 0 spiro atoms. The van der Waals surface area contributed by atoms with E-state index in [4.69, 9.17) is 10.2 Å². The SMILES string of the molecule is Cc1cc(C(C)Nc2ccccc2C(=O)O)c2oc(NCC(N)=O)cc(=O)c2c1. The van der Waals surface area contributed by atoms with Crippen molar-refractivity contribution in [1.29, 1.82) is 0 Å². The van der Waals surface area contributed by atoms with Crippen LogP contribution in [0.15, 0.2) is 51.7 Å². The smallest absolute Gasteiger partial charge is 0.337 e. The highest BCUT2D eigenvalue weighted by Crippen LogP contribution is 2.29. The molecule has 1 amide bonds. The molecule has 150 valence electrons. The average Bonchev–Trinajstić information content (AvgIpc) is 2.66. The number of carbonyl (C=O) groups is 2. The Balaban J connectivity index is 2.07. The van der Waals surface area contributed by atoms with Crippen LogP contribution in [0.25, 0.3) is 11.0 Å². The molecule has 0 aliphatic rings. The predicted octanol–water partition coefficient (Wildman–Crippen LogP) is 2.87. The molecule has 0 aliphatic heterocycles. The number of nitrogens with two attached hydrogens (primary N) is 1. The van der Waals surface area contributed by atoms with Gasteiger partial charge in [0.15, 0.2) is 11.3 Å². The minimum atomic E-state index is -1.04. The number of aromatic carboxylic acids is 1. The molecule has 0 bridgehead atoms. The lowest BCUT2D eigenvalue weighted by Gasteiger charge is -2.19. The number of primary amides is 1. The summed E-state index contributed by atoms with van der Waals surface area (Å²) in [4.78, 5) is 35.0. The summed E-state index contributed by atoms with van der Waals surface area (Å²) in [5.74, 6) is -1.50. The number of carbonyl (C=O) groups excluding carboxylic acids is 1. The van der Waals surface area contributed by atoms with Gasteiger partial charge in [0.1, 0.15) is 5.58 Å². The second kappa shape index (κ2) is 8.05. The molecule has 2 aromatic carbocycles. The van der Waals surface area contributed by atoms with Gasteiger partial charge >= 0.3 is 5.97 Å². The van der Waals surface area contributed by atoms with E-state index in [9.17, 15) is 19.5 Å². The third kappa shape index (κ3) is 4.37. The van der Waals surface area contributed by atoms with E-state index in [0.29, 0.717) is 22.2 Å². The minimum Gasteiger partial charge on any atom is -0.478 e. The van der Waals surface area contributed by atoms with Gasteiger partial charge in [-0.15, -0.1) is 0 Å². The fourth-order valence-corrected chi connectivity index (χ4v) is 3.12. The molecule has 3 rings (SSSR count). The standard InChI is InChI=1S/C21H21N3O5/c1-11-7-14(12(2)24-16-6-4-3-5-13(16)21(27)28)20-15(8-11)17(25)9-19(29-20)23-10-18(22)26/h3-9,12,23-24H,10H2,1-2H3,(H2,22,26)(H,27,28). The van der Waals surface area contributed by atoms with Crippen LogP contribution in [0.3, 0.4) is 0 Å². The Labute approximate surface area is 166 Å². The largest absolute Gasteiger partial charge is 0.478 e. The molecule has 0 radical (unpaired) electrons. The summed E-state index contributed by atoms with van der Waals surface area (Å²) in [6.45, 7) is 3.53. The number of hydrogen-bond acceptors (Lipinski definition) is 6. The van der Waals surface area contributed by atoms with Crippen molar-refractivity contribution < 1.29 is 19.1 Å². The molecular weight excluding hydrogens is 374 g/mol. The van der Waals surface area contributed by atoms with E-state index in [-0.39, 0.29) is 29.5 Å². The lowest BCUT2D eigenvalue weighted by molar-refractivity contribution is -0.116. The maximum Gasteiger partial charge on any atom is 0.337 e. The molecule has 1 heterocycles. The summed E-state index contributed by atoms with van der Waals surface area (Å²) in [7, 11) is 0. The summed E-state index contributed by atoms with van der Waals surface area (Å²) in [6.07, 6.45) is 0. The zero-order chi connectivity index (χ0) is 21.1. The van der Waals surface area contributed by atoms with Gasteiger partial charge in [-0.05, 0) is 37.6 Å². The van der Waals surface area contributed by atoms with Gasteiger partial charge in [0.25, 0.3) is 0 Å². The number of rotatable bonds is 7. The number of hydrogen-bond donors (Lipinski definition) is 4. The maximum absolute atomic E-state index is 12.6. The lowest BCUT2D eigenvalue weighted by Crippen LogP contribution is -2.22. The van der Waals surface area contributed by atoms with Gasteiger partial charge in [0.05, 0.1) is 23.5 Å². The summed E-state index contributed by atoms with van der Waals surface area (Å²) < 4.78 is 5.84. The van der Waals surface area contributed by atoms with Crippen molar-refractivity contribution in [3.8, 4) is 0 Å². The first-order valence-electron chi connectivity index (χ1n) is 8.95. The Morgan fingerprint density at radius 2 is 1.93 bits per heavy atom. The molecule has 1 aromatic heterocycles. The third-order valence-electron chi connectivity index (χ3n) is 4.43. The number of benzene rings is 2. The van der Waals surface area contributed by atoms with Gasteiger partial charge in [-0.2, -0.15) is 0 Å². The number of nitrogens with one attached hydrogen (secondary N) is 2. The Kier molecular flexibility index (Phi) is 5.54. The topological polar surface area (TPSA) is 135 Å². The predicted molar refractivity (Wildman–Crippen MR) is 110 cm³/mol. The van der Waals surface area contributed by atoms with E-state index in [2.05, 4.69) is 10.6 Å². The second-order valence-corrected chi connectivity index (χ2v) is 6.74. The summed E-state index contributed by atoms with van der Waals surface area (Å²) in [6, 6.07) is 11.1. The minimum absolute atomic E-state index is 0.129. The number of anilines is 2. The van der Waals surface area contributed by atoms with Gasteiger partial charge in [0, 0.05) is 17.3 Å². The molecule has 1 atom stereocenters. The fourth-order valence-electron chi connectivity index (χ4n) is 3.12. The van der Waals surface area contributed by atoms with Gasteiger partial charge < -0.3 is 25.9 Å². The first-order valence-corrected chi connectivity index (χ1v) is 8.95. The van der Waals surface area contributed by atoms with Gasteiger partial charge in [-0.1, -0.05) is 18.2 Å². The Morgan fingerprint density at radius 1 is 1.21 bits per heavy atom. The Bertz CT molecular complexity index is 1150. The zero-order valence-corrected chi connectivity index (χ0v) is 16.0. The highest BCUT2D eigenvalue weighted by atomic mass is 16.4. The van der Waals surface area contributed by atoms with Crippen LogP contribution in [0.1, 0.15) is 34.5 Å². The number of amides is 1. The third-order valence-corrected chi connectivity index (χ3v) is 4.43. The highest BCUT2D eigenvalue weighted by Gasteiger charge is 2.18. The molecular formula is C21H21N3O5. The van der Waals surface area contributed by atoms with Crippen LogP contribution in [0, 0.1) is 6.92 Å². The molecule has 0 saturated carbocycles. The molecule has 0 saturated heterocycles. The highest BCUT2D eigenvalue weighted by molar-refractivity contribution is 5.94. The van der Waals surface area contributed by atoms with Crippen molar-refractivity contribution in [3.63, 3.8) is 0 Å². The second-order valence-electron chi connectivity index (χ2n) is 6.74. The first-order chi connectivity index (χ1) is 13.8. The van der Waals surface area contributed by atoms with Crippen LogP contribution in [0.4, 0.5) is 11.6 Å². The lowest BCUT2D eigenvalue weighted by atomic mass is 10.0. The molecule has 3 aromatic rings. The van der Waals surface area contributed by atoms with E-state index >= 15 is 0 Å². The first kappa shape index (κ1) is 19.9. The molecule has 5 N–H and O–H groups in total. The van der Waals surface area contributed by atoms with Crippen molar-refractivity contribution in [2.24, 2.45) is 5.73 Å². The molecule has 0 fully saturated rings. The van der Waals surface area contributed by atoms with E-state index in [1.807, 2.05) is 19.9 Å². The van der Waals surface area contributed by atoms with Gasteiger partial charge in [-0.3, -0.25) is 9.59 Å². The van der Waals surface area contributed by atoms with Crippen LogP contribution in [-0.4, -0.2) is 23.5 Å². The van der Waals surface area contributed by atoms with E-state index in [1.165, 1.54) is 12.1 Å². The van der Waals surface area contributed by atoms with Crippen LogP contribution in [-0.2, 0) is 4.79 Å². The van der Waals surface area contributed by atoms with Crippen LogP contribution in [0.5, 0.6) is 0 Å². The summed E-state index contributed by atoms with van der Waals surface area (Å²) >= 11 is 0. The van der Waals surface area contributed by atoms with Gasteiger partial charge in [0.2, 0.25) is 5.91 Å². The Morgan fingerprint density at radius 3 is 2.62 bits per heavy atom. The number of para-hydroxylation sites is 1. The zero-order valence-electron chi connectivity index (χ0n) is 16.0. The molecule has 8 nitrogen and oxygen atoms in total. The molecule has 29 heavy (non-hydrogen) atoms. The summed E-state index contributed by atoms with van der Waals surface area (Å²) in [5.41, 5.74) is 7.35. The van der Waals surface area contributed by atoms with Crippen molar-refractivity contribution >= 4 is 34.4 Å². The van der Waals surface area contributed by atoms with Crippen molar-refractivity contribution in [2.45, 2.75) is 19.9 Å². The van der Waals surface area contributed by atoms with Crippen LogP contribution >= 0.6 is 0 Å². The molecule has 8 heteroatoms. The normalized spacial score (nSPS) is 11.8. The summed E-state index contributed by atoms with van der Waals surface area (Å²) in [5, 5.41) is 15.7. The van der Waals surface area contributed by atoms with Crippen LogP contribution in [0.2, 0.25) is 0 Å². The van der Waals surface area contributed by atoms with Crippen molar-refractivity contribution in [3.05, 3.63) is 69.4 Å². The molecule has 1 unspecified atom stereocenters. The molecule has 0 aliphatic carbocycles. The van der Waals surface area contributed by atoms with Crippen molar-refractivity contribution in [1.82, 2.24) is 0 Å². The van der Waals surface area contributed by atoms with Gasteiger partial charge in [-0.25, -0.2) is 4.79 Å². The number of fused-ring (bicyclic) bond motifs is 1. The van der Waals surface area contributed by atoms with E-state index in [1.54, 1.807) is 24.3 Å². The average molecular weight is 395 g/mol. The Hall–Kier alpha value is -3.81. The number of carboxylic acid groups (broad SMARTS) is 1. The quantitative estimate of drug-likeness (QED) is 0.483. The van der Waals surface area contributed by atoms with Crippen LogP contribution < -0.4 is 21.8 Å².